The number of aromatic hydroxyl groups is 2. The van der Waals surface area contributed by atoms with Crippen molar-refractivity contribution in [3.8, 4) is 11.5 Å². The van der Waals surface area contributed by atoms with Crippen LogP contribution in [0.2, 0.25) is 0 Å². The number of phenols is 2. The lowest BCUT2D eigenvalue weighted by Gasteiger charge is -2.09. The summed E-state index contributed by atoms with van der Waals surface area (Å²) in [6.45, 7) is 2.68. The zero-order chi connectivity index (χ0) is 12.3. The number of hydrogen-bond acceptors (Lipinski definition) is 3. The summed E-state index contributed by atoms with van der Waals surface area (Å²) in [5.41, 5.74) is 2.97. The van der Waals surface area contributed by atoms with Gasteiger partial charge in [0, 0.05) is 12.6 Å². The minimum absolute atomic E-state index is 0.0534. The van der Waals surface area contributed by atoms with Gasteiger partial charge in [-0.15, -0.1) is 0 Å². The average Bonchev–Trinajstić information content (AvgIpc) is 2.28. The highest BCUT2D eigenvalue weighted by molar-refractivity contribution is 5.58. The van der Waals surface area contributed by atoms with Crippen LogP contribution in [-0.2, 0) is 6.54 Å². The molecule has 0 fully saturated rings. The first-order chi connectivity index (χ1) is 8.15. The van der Waals surface area contributed by atoms with Gasteiger partial charge in [0.1, 0.15) is 11.5 Å². The van der Waals surface area contributed by atoms with E-state index >= 15 is 0 Å². The first kappa shape index (κ1) is 11.3. The minimum atomic E-state index is 0.0534. The van der Waals surface area contributed by atoms with Crippen LogP contribution in [0.4, 0.5) is 5.69 Å². The third-order valence-electron chi connectivity index (χ3n) is 2.55. The van der Waals surface area contributed by atoms with E-state index in [0.717, 1.165) is 5.56 Å². The Labute approximate surface area is 100 Å². The molecule has 0 saturated carbocycles. The summed E-state index contributed by atoms with van der Waals surface area (Å²) in [6.07, 6.45) is 0. The average molecular weight is 229 g/mol. The Morgan fingerprint density at radius 1 is 1.06 bits per heavy atom. The molecule has 0 atom stereocenters. The molecule has 2 rings (SSSR count). The molecule has 0 aliphatic rings. The van der Waals surface area contributed by atoms with Crippen LogP contribution >= 0.6 is 0 Å². The molecular formula is C14H15NO2. The van der Waals surface area contributed by atoms with Crippen molar-refractivity contribution in [2.75, 3.05) is 5.32 Å². The maximum absolute atomic E-state index is 9.60. The fraction of sp³-hybridized carbons (Fsp3) is 0.143. The summed E-state index contributed by atoms with van der Waals surface area (Å²) in [5.74, 6) is 0.112. The van der Waals surface area contributed by atoms with Crippen molar-refractivity contribution in [3.05, 3.63) is 53.6 Å². The van der Waals surface area contributed by atoms with E-state index in [1.54, 1.807) is 6.07 Å². The Hall–Kier alpha value is -2.16. The van der Waals surface area contributed by atoms with Crippen LogP contribution in [0.5, 0.6) is 11.5 Å². The van der Waals surface area contributed by atoms with E-state index in [1.165, 1.54) is 17.7 Å². The first-order valence-electron chi connectivity index (χ1n) is 5.46. The van der Waals surface area contributed by atoms with E-state index in [2.05, 4.69) is 11.4 Å². The van der Waals surface area contributed by atoms with E-state index in [1.807, 2.05) is 25.1 Å². The monoisotopic (exact) mass is 229 g/mol. The lowest BCUT2D eigenvalue weighted by atomic mass is 10.1. The number of aryl methyl sites for hydroxylation is 1. The third-order valence-corrected chi connectivity index (χ3v) is 2.55. The molecule has 3 N–H and O–H groups in total. The Morgan fingerprint density at radius 3 is 2.59 bits per heavy atom. The fourth-order valence-electron chi connectivity index (χ4n) is 1.69. The van der Waals surface area contributed by atoms with Crippen molar-refractivity contribution in [2.45, 2.75) is 13.5 Å². The lowest BCUT2D eigenvalue weighted by Crippen LogP contribution is -1.99. The van der Waals surface area contributed by atoms with Gasteiger partial charge in [0.15, 0.2) is 0 Å². The number of rotatable bonds is 3. The predicted molar refractivity (Wildman–Crippen MR) is 68.3 cm³/mol. The second-order valence-electron chi connectivity index (χ2n) is 4.04. The van der Waals surface area contributed by atoms with Crippen LogP contribution in [0.25, 0.3) is 0 Å². The zero-order valence-corrected chi connectivity index (χ0v) is 9.64. The standard InChI is InChI=1S/C14H15NO2/c1-10-3-2-4-11(7-10)9-15-13-6-5-12(16)8-14(13)17/h2-8,15-17H,9H2,1H3. The highest BCUT2D eigenvalue weighted by atomic mass is 16.3. The van der Waals surface area contributed by atoms with E-state index in [9.17, 15) is 10.2 Å². The van der Waals surface area contributed by atoms with Gasteiger partial charge in [-0.25, -0.2) is 0 Å². The molecule has 3 nitrogen and oxygen atoms in total. The number of nitrogens with one attached hydrogen (secondary N) is 1. The molecule has 17 heavy (non-hydrogen) atoms. The first-order valence-corrected chi connectivity index (χ1v) is 5.46. The predicted octanol–water partition coefficient (Wildman–Crippen LogP) is 3.02. The molecular weight excluding hydrogens is 214 g/mol. The number of anilines is 1. The highest BCUT2D eigenvalue weighted by Gasteiger charge is 2.01. The summed E-state index contributed by atoms with van der Waals surface area (Å²) in [5, 5.41) is 21.9. The molecule has 0 heterocycles. The van der Waals surface area contributed by atoms with Gasteiger partial charge >= 0.3 is 0 Å². The van der Waals surface area contributed by atoms with Crippen LogP contribution in [0, 0.1) is 6.92 Å². The topological polar surface area (TPSA) is 52.5 Å². The van der Waals surface area contributed by atoms with E-state index < -0.39 is 0 Å². The van der Waals surface area contributed by atoms with Gasteiger partial charge in [-0.05, 0) is 24.6 Å². The van der Waals surface area contributed by atoms with Crippen LogP contribution in [0.3, 0.4) is 0 Å². The van der Waals surface area contributed by atoms with Gasteiger partial charge in [0.05, 0.1) is 5.69 Å². The molecule has 0 aliphatic carbocycles. The van der Waals surface area contributed by atoms with E-state index in [-0.39, 0.29) is 11.5 Å². The molecule has 0 bridgehead atoms. The molecule has 2 aromatic carbocycles. The maximum Gasteiger partial charge on any atom is 0.142 e. The largest absolute Gasteiger partial charge is 0.508 e. The van der Waals surface area contributed by atoms with E-state index in [0.29, 0.717) is 12.2 Å². The van der Waals surface area contributed by atoms with Crippen molar-refractivity contribution in [3.63, 3.8) is 0 Å². The van der Waals surface area contributed by atoms with Crippen LogP contribution in [-0.4, -0.2) is 10.2 Å². The van der Waals surface area contributed by atoms with Gasteiger partial charge < -0.3 is 15.5 Å². The summed E-state index contributed by atoms with van der Waals surface area (Å²) in [7, 11) is 0. The third kappa shape index (κ3) is 2.91. The SMILES string of the molecule is Cc1cccc(CNc2ccc(O)cc2O)c1. The van der Waals surface area contributed by atoms with E-state index in [4.69, 9.17) is 0 Å². The Kier molecular flexibility index (Phi) is 3.19. The van der Waals surface area contributed by atoms with Crippen molar-refractivity contribution in [1.29, 1.82) is 0 Å². The molecule has 0 unspecified atom stereocenters. The normalized spacial score (nSPS) is 10.2. The minimum Gasteiger partial charge on any atom is -0.508 e. The molecule has 0 aromatic heterocycles. The summed E-state index contributed by atoms with van der Waals surface area (Å²) < 4.78 is 0. The summed E-state index contributed by atoms with van der Waals surface area (Å²) >= 11 is 0. The Bertz CT molecular complexity index is 523. The van der Waals surface area contributed by atoms with Crippen LogP contribution in [0.1, 0.15) is 11.1 Å². The lowest BCUT2D eigenvalue weighted by molar-refractivity contribution is 0.452. The smallest absolute Gasteiger partial charge is 0.142 e. The Morgan fingerprint density at radius 2 is 1.88 bits per heavy atom. The van der Waals surface area contributed by atoms with Gasteiger partial charge in [-0.2, -0.15) is 0 Å². The van der Waals surface area contributed by atoms with Gasteiger partial charge in [0.25, 0.3) is 0 Å². The number of phenolic OH excluding ortho intramolecular Hbond substituents is 2. The number of benzene rings is 2. The van der Waals surface area contributed by atoms with Crippen LogP contribution in [0.15, 0.2) is 42.5 Å². The van der Waals surface area contributed by atoms with Gasteiger partial charge in [-0.1, -0.05) is 29.8 Å². The fourth-order valence-corrected chi connectivity index (χ4v) is 1.69. The highest BCUT2D eigenvalue weighted by Crippen LogP contribution is 2.27. The quantitative estimate of drug-likeness (QED) is 0.560. The molecule has 0 amide bonds. The number of hydrogen-bond donors (Lipinski definition) is 3. The van der Waals surface area contributed by atoms with Crippen molar-refractivity contribution in [2.24, 2.45) is 0 Å². The second-order valence-corrected chi connectivity index (χ2v) is 4.04. The summed E-state index contributed by atoms with van der Waals surface area (Å²) in [4.78, 5) is 0. The van der Waals surface area contributed by atoms with Crippen molar-refractivity contribution >= 4 is 5.69 Å². The van der Waals surface area contributed by atoms with Crippen LogP contribution < -0.4 is 5.32 Å². The zero-order valence-electron chi connectivity index (χ0n) is 9.64. The van der Waals surface area contributed by atoms with Crippen molar-refractivity contribution < 1.29 is 10.2 Å². The molecule has 3 heteroatoms. The summed E-state index contributed by atoms with van der Waals surface area (Å²) in [6, 6.07) is 12.7. The Balaban J connectivity index is 2.07. The van der Waals surface area contributed by atoms with Gasteiger partial charge in [-0.3, -0.25) is 0 Å². The molecule has 0 aliphatic heterocycles. The molecule has 0 radical (unpaired) electrons. The molecule has 88 valence electrons. The molecule has 0 saturated heterocycles. The van der Waals surface area contributed by atoms with Gasteiger partial charge in [0.2, 0.25) is 0 Å². The molecule has 0 spiro atoms. The molecule has 2 aromatic rings. The maximum atomic E-state index is 9.60. The second kappa shape index (κ2) is 4.78. The van der Waals surface area contributed by atoms with Crippen molar-refractivity contribution in [1.82, 2.24) is 0 Å².